The Morgan fingerprint density at radius 3 is 2.20 bits per heavy atom. The lowest BCUT2D eigenvalue weighted by Crippen LogP contribution is -2.50. The maximum Gasteiger partial charge on any atom is 0.321 e. The number of piperazine rings is 1. The monoisotopic (exact) mass is 561 g/mol. The van der Waals surface area contributed by atoms with E-state index in [0.29, 0.717) is 74.3 Å². The molecule has 2 saturated heterocycles. The Kier molecular flexibility index (Phi) is 8.52. The molecule has 2 aliphatic heterocycles. The van der Waals surface area contributed by atoms with Crippen molar-refractivity contribution < 1.29 is 19.1 Å². The van der Waals surface area contributed by atoms with Crippen LogP contribution in [0.2, 0.25) is 5.02 Å². The number of carbonyl (C=O) groups excluding carboxylic acids is 3. The van der Waals surface area contributed by atoms with E-state index in [9.17, 15) is 14.4 Å². The summed E-state index contributed by atoms with van der Waals surface area (Å²) in [5.41, 5.74) is 3.96. The van der Waals surface area contributed by atoms with Crippen LogP contribution < -0.4 is 15.5 Å². The summed E-state index contributed by atoms with van der Waals surface area (Å²) in [4.78, 5) is 45.1. The van der Waals surface area contributed by atoms with Gasteiger partial charge in [0.2, 0.25) is 0 Å². The van der Waals surface area contributed by atoms with Gasteiger partial charge in [0.05, 0.1) is 29.4 Å². The second-order valence-corrected chi connectivity index (χ2v) is 10.3. The molecule has 2 heterocycles. The highest BCUT2D eigenvalue weighted by Gasteiger charge is 2.27. The van der Waals surface area contributed by atoms with Gasteiger partial charge >= 0.3 is 6.03 Å². The molecule has 5 rings (SSSR count). The second kappa shape index (κ2) is 12.4. The summed E-state index contributed by atoms with van der Waals surface area (Å²) in [7, 11) is 0. The van der Waals surface area contributed by atoms with Crippen LogP contribution in [0.5, 0.6) is 0 Å². The minimum atomic E-state index is -0.351. The van der Waals surface area contributed by atoms with Gasteiger partial charge in [0.15, 0.2) is 0 Å². The first-order chi connectivity index (χ1) is 19.4. The molecule has 3 aromatic carbocycles. The number of amides is 4. The van der Waals surface area contributed by atoms with Gasteiger partial charge in [-0.1, -0.05) is 35.9 Å². The number of ether oxygens (including phenoxy) is 1. The van der Waals surface area contributed by atoms with Crippen molar-refractivity contribution in [2.75, 3.05) is 68.0 Å². The van der Waals surface area contributed by atoms with Crippen LogP contribution in [0.25, 0.3) is 0 Å². The molecule has 4 amide bonds. The number of benzene rings is 3. The van der Waals surface area contributed by atoms with Crippen molar-refractivity contribution in [2.24, 2.45) is 0 Å². The Bertz CT molecular complexity index is 1400. The van der Waals surface area contributed by atoms with E-state index >= 15 is 0 Å². The zero-order valence-electron chi connectivity index (χ0n) is 22.4. The minimum absolute atomic E-state index is 0.119. The van der Waals surface area contributed by atoms with E-state index < -0.39 is 0 Å². The molecular weight excluding hydrogens is 530 g/mol. The van der Waals surface area contributed by atoms with Crippen LogP contribution in [0.3, 0.4) is 0 Å². The van der Waals surface area contributed by atoms with E-state index in [2.05, 4.69) is 15.5 Å². The third-order valence-electron chi connectivity index (χ3n) is 7.08. The van der Waals surface area contributed by atoms with Crippen LogP contribution in [0.15, 0.2) is 66.7 Å². The number of morpholine rings is 1. The molecule has 2 N–H and O–H groups in total. The predicted octanol–water partition coefficient (Wildman–Crippen LogP) is 4.73. The van der Waals surface area contributed by atoms with Crippen LogP contribution >= 0.6 is 11.6 Å². The van der Waals surface area contributed by atoms with Gasteiger partial charge in [-0.3, -0.25) is 9.59 Å². The number of anilines is 3. The zero-order chi connectivity index (χ0) is 28.1. The van der Waals surface area contributed by atoms with Crippen LogP contribution in [-0.4, -0.2) is 80.1 Å². The molecule has 208 valence electrons. The fourth-order valence-electron chi connectivity index (χ4n) is 4.92. The zero-order valence-corrected chi connectivity index (χ0v) is 23.1. The van der Waals surface area contributed by atoms with Gasteiger partial charge in [0.1, 0.15) is 0 Å². The first-order valence-corrected chi connectivity index (χ1v) is 13.7. The second-order valence-electron chi connectivity index (χ2n) is 9.84. The summed E-state index contributed by atoms with van der Waals surface area (Å²) < 4.78 is 5.43. The maximum absolute atomic E-state index is 13.7. The third kappa shape index (κ3) is 6.38. The molecule has 40 heavy (non-hydrogen) atoms. The van der Waals surface area contributed by atoms with Crippen LogP contribution in [0.1, 0.15) is 26.3 Å². The normalized spacial score (nSPS) is 15.5. The number of urea groups is 1. The quantitative estimate of drug-likeness (QED) is 0.470. The predicted molar refractivity (Wildman–Crippen MR) is 157 cm³/mol. The van der Waals surface area contributed by atoms with Crippen molar-refractivity contribution in [1.29, 1.82) is 0 Å². The SMILES string of the molecule is Cc1cccc(NC(=O)N2CCN(c3ccc(NC(=O)c4ccccc4Cl)cc3C(=O)N3CCOCC3)CC2)c1. The topological polar surface area (TPSA) is 94.2 Å². The van der Waals surface area contributed by atoms with Gasteiger partial charge in [-0.05, 0) is 55.0 Å². The highest BCUT2D eigenvalue weighted by molar-refractivity contribution is 6.34. The molecule has 2 fully saturated rings. The number of rotatable bonds is 5. The maximum atomic E-state index is 13.7. The van der Waals surface area contributed by atoms with E-state index in [4.69, 9.17) is 16.3 Å². The number of nitrogens with zero attached hydrogens (tertiary/aromatic N) is 3. The average molecular weight is 562 g/mol. The fourth-order valence-corrected chi connectivity index (χ4v) is 5.14. The first-order valence-electron chi connectivity index (χ1n) is 13.3. The first kappa shape index (κ1) is 27.5. The van der Waals surface area contributed by atoms with Gasteiger partial charge in [0, 0.05) is 56.3 Å². The summed E-state index contributed by atoms with van der Waals surface area (Å²) in [5.74, 6) is -0.469. The highest BCUT2D eigenvalue weighted by atomic mass is 35.5. The van der Waals surface area contributed by atoms with Crippen molar-refractivity contribution in [3.8, 4) is 0 Å². The average Bonchev–Trinajstić information content (AvgIpc) is 2.97. The van der Waals surface area contributed by atoms with Crippen molar-refractivity contribution in [1.82, 2.24) is 9.80 Å². The largest absolute Gasteiger partial charge is 0.378 e. The molecule has 0 saturated carbocycles. The molecule has 0 aliphatic carbocycles. The standard InChI is InChI=1S/C30H32ClN5O4/c1-21-5-4-6-22(19-21)33-30(39)36-13-11-34(12-14-36)27-10-9-23(32-28(37)24-7-2-3-8-26(24)31)20-25(27)29(38)35-15-17-40-18-16-35/h2-10,19-20H,11-18H2,1H3,(H,32,37)(H,33,39). The summed E-state index contributed by atoms with van der Waals surface area (Å²) >= 11 is 6.21. The van der Waals surface area contributed by atoms with E-state index in [1.54, 1.807) is 46.2 Å². The molecular formula is C30H32ClN5O4. The Labute approximate surface area is 238 Å². The van der Waals surface area contributed by atoms with E-state index in [-0.39, 0.29) is 17.8 Å². The van der Waals surface area contributed by atoms with Crippen molar-refractivity contribution >= 4 is 46.5 Å². The van der Waals surface area contributed by atoms with Gasteiger partial charge in [-0.25, -0.2) is 4.79 Å². The van der Waals surface area contributed by atoms with Crippen molar-refractivity contribution in [3.05, 3.63) is 88.4 Å². The molecule has 0 spiro atoms. The minimum Gasteiger partial charge on any atom is -0.378 e. The molecule has 3 aromatic rings. The summed E-state index contributed by atoms with van der Waals surface area (Å²) in [6, 6.07) is 19.8. The van der Waals surface area contributed by atoms with Crippen LogP contribution in [0.4, 0.5) is 21.9 Å². The molecule has 2 aliphatic rings. The lowest BCUT2D eigenvalue weighted by atomic mass is 10.1. The summed E-state index contributed by atoms with van der Waals surface area (Å²) in [5, 5.41) is 6.20. The number of aryl methyl sites for hydroxylation is 1. The van der Waals surface area contributed by atoms with Crippen LogP contribution in [0, 0.1) is 6.92 Å². The molecule has 10 heteroatoms. The number of nitrogens with one attached hydrogen (secondary N) is 2. The van der Waals surface area contributed by atoms with E-state index in [1.165, 1.54) is 0 Å². The van der Waals surface area contributed by atoms with Gasteiger partial charge in [-0.15, -0.1) is 0 Å². The Morgan fingerprint density at radius 2 is 1.48 bits per heavy atom. The summed E-state index contributed by atoms with van der Waals surface area (Å²) in [6.45, 7) is 6.10. The Balaban J connectivity index is 1.33. The number of carbonyl (C=O) groups is 3. The Hall–Kier alpha value is -4.08. The number of hydrogen-bond acceptors (Lipinski definition) is 5. The molecule has 0 atom stereocenters. The smallest absolute Gasteiger partial charge is 0.321 e. The third-order valence-corrected chi connectivity index (χ3v) is 7.41. The van der Waals surface area contributed by atoms with Crippen LogP contribution in [-0.2, 0) is 4.74 Å². The van der Waals surface area contributed by atoms with Gasteiger partial charge < -0.3 is 30.1 Å². The number of halogens is 1. The molecule has 0 bridgehead atoms. The lowest BCUT2D eigenvalue weighted by Gasteiger charge is -2.37. The summed E-state index contributed by atoms with van der Waals surface area (Å²) in [6.07, 6.45) is 0. The van der Waals surface area contributed by atoms with Crippen molar-refractivity contribution in [2.45, 2.75) is 6.92 Å². The fraction of sp³-hybridized carbons (Fsp3) is 0.300. The molecule has 0 aromatic heterocycles. The molecule has 9 nitrogen and oxygen atoms in total. The molecule has 0 radical (unpaired) electrons. The Morgan fingerprint density at radius 1 is 0.750 bits per heavy atom. The highest BCUT2D eigenvalue weighted by Crippen LogP contribution is 2.28. The van der Waals surface area contributed by atoms with E-state index in [0.717, 1.165) is 16.9 Å². The van der Waals surface area contributed by atoms with Gasteiger partial charge in [-0.2, -0.15) is 0 Å². The lowest BCUT2D eigenvalue weighted by molar-refractivity contribution is 0.0303. The van der Waals surface area contributed by atoms with Gasteiger partial charge in [0.25, 0.3) is 11.8 Å². The number of hydrogen-bond donors (Lipinski definition) is 2. The van der Waals surface area contributed by atoms with E-state index in [1.807, 2.05) is 37.3 Å². The molecule has 0 unspecified atom stereocenters. The van der Waals surface area contributed by atoms with Crippen molar-refractivity contribution in [3.63, 3.8) is 0 Å².